The van der Waals surface area contributed by atoms with Gasteiger partial charge in [-0.3, -0.25) is 0 Å². The van der Waals surface area contributed by atoms with Crippen LogP contribution in [0.2, 0.25) is 0 Å². The molecule has 1 aromatic rings. The quantitative estimate of drug-likeness (QED) is 0.134. The number of hydrogen-bond donors (Lipinski definition) is 0. The molecular formula is C22H29Cl4NO4. The molecule has 9 heteroatoms. The van der Waals surface area contributed by atoms with Gasteiger partial charge in [-0.2, -0.15) is 0 Å². The largest absolute Gasteiger partial charge is 0.493 e. The Balaban J connectivity index is 2.23. The van der Waals surface area contributed by atoms with Crippen molar-refractivity contribution in [1.82, 2.24) is 0 Å². The zero-order chi connectivity index (χ0) is 22.9. The number of rotatable bonds is 16. The molecule has 0 saturated carbocycles. The van der Waals surface area contributed by atoms with Gasteiger partial charge in [-0.25, -0.2) is 0 Å². The van der Waals surface area contributed by atoms with E-state index in [9.17, 15) is 0 Å². The minimum Gasteiger partial charge on any atom is -0.493 e. The Bertz CT molecular complexity index is 730. The van der Waals surface area contributed by atoms with E-state index in [1.807, 2.05) is 19.1 Å². The Morgan fingerprint density at radius 1 is 0.935 bits per heavy atom. The van der Waals surface area contributed by atoms with Crippen LogP contribution in [0.25, 0.3) is 0 Å². The number of halogens is 4. The molecule has 5 nitrogen and oxygen atoms in total. The van der Waals surface area contributed by atoms with Crippen LogP contribution in [0.15, 0.2) is 38.4 Å². The zero-order valence-electron chi connectivity index (χ0n) is 17.8. The second-order valence-electron chi connectivity index (χ2n) is 6.42. The summed E-state index contributed by atoms with van der Waals surface area (Å²) in [4.78, 5) is 4.94. The number of nitrogens with zero attached hydrogens (tertiary/aromatic N) is 1. The van der Waals surface area contributed by atoms with Crippen molar-refractivity contribution < 1.29 is 19.0 Å². The predicted octanol–water partition coefficient (Wildman–Crippen LogP) is 7.14. The molecule has 0 aromatic heterocycles. The van der Waals surface area contributed by atoms with Crippen LogP contribution in [0.1, 0.15) is 37.3 Å². The fourth-order valence-corrected chi connectivity index (χ4v) is 2.78. The van der Waals surface area contributed by atoms with E-state index in [0.29, 0.717) is 32.8 Å². The van der Waals surface area contributed by atoms with Crippen LogP contribution in [-0.2, 0) is 16.0 Å². The van der Waals surface area contributed by atoms with Crippen molar-refractivity contribution in [3.63, 3.8) is 0 Å². The average Bonchev–Trinajstić information content (AvgIpc) is 2.71. The molecule has 0 bridgehead atoms. The maximum atomic E-state index is 6.03. The lowest BCUT2D eigenvalue weighted by molar-refractivity contribution is 0.131. The first kappa shape index (κ1) is 27.9. The topological polar surface area (TPSA) is 49.3 Å². The Kier molecular flexibility index (Phi) is 15.7. The summed E-state index contributed by atoms with van der Waals surface area (Å²) in [7, 11) is 0. The van der Waals surface area contributed by atoms with E-state index in [2.05, 4.69) is 12.1 Å². The fraction of sp³-hybridized carbons (Fsp3) is 0.500. The molecule has 0 aliphatic carbocycles. The van der Waals surface area contributed by atoms with E-state index in [4.69, 9.17) is 65.5 Å². The van der Waals surface area contributed by atoms with Crippen LogP contribution in [0.3, 0.4) is 0 Å². The van der Waals surface area contributed by atoms with Crippen LogP contribution in [0.4, 0.5) is 0 Å². The molecule has 0 spiro atoms. The second-order valence-corrected chi connectivity index (χ2v) is 8.44. The molecule has 0 amide bonds. The standard InChI is InChI=1S/C22H29Cl4NO4/c1-3-18-16-19(29-13-7-20(23)24)15-17(2)22(18)30-12-5-4-10-28-11-6-9-27-31-14-8-21(25)26/h7-9,15-16H,3-6,10-14H2,1-2H3/b27-9+. The van der Waals surface area contributed by atoms with Gasteiger partial charge in [0.1, 0.15) is 33.7 Å². The van der Waals surface area contributed by atoms with Gasteiger partial charge in [0.2, 0.25) is 0 Å². The van der Waals surface area contributed by atoms with Crippen LogP contribution >= 0.6 is 46.4 Å². The molecule has 0 N–H and O–H groups in total. The van der Waals surface area contributed by atoms with E-state index >= 15 is 0 Å². The van der Waals surface area contributed by atoms with E-state index in [-0.39, 0.29) is 15.6 Å². The monoisotopic (exact) mass is 511 g/mol. The van der Waals surface area contributed by atoms with Gasteiger partial charge in [0.15, 0.2) is 0 Å². The minimum absolute atomic E-state index is 0.163. The Hall–Kier alpha value is -1.11. The molecule has 0 aliphatic rings. The van der Waals surface area contributed by atoms with E-state index < -0.39 is 0 Å². The van der Waals surface area contributed by atoms with Gasteiger partial charge in [0.25, 0.3) is 0 Å². The lowest BCUT2D eigenvalue weighted by atomic mass is 10.1. The molecule has 0 radical (unpaired) electrons. The number of hydrogen-bond acceptors (Lipinski definition) is 5. The average molecular weight is 513 g/mol. The predicted molar refractivity (Wildman–Crippen MR) is 130 cm³/mol. The van der Waals surface area contributed by atoms with Crippen molar-refractivity contribution in [2.75, 3.05) is 33.0 Å². The number of unbranched alkanes of at least 4 members (excludes halogenated alkanes) is 1. The van der Waals surface area contributed by atoms with Gasteiger partial charge in [-0.1, -0.05) is 58.5 Å². The molecule has 0 atom stereocenters. The summed E-state index contributed by atoms with van der Waals surface area (Å²) in [5.41, 5.74) is 2.15. The van der Waals surface area contributed by atoms with Gasteiger partial charge in [-0.15, -0.1) is 0 Å². The van der Waals surface area contributed by atoms with Gasteiger partial charge in [0, 0.05) is 19.2 Å². The summed E-state index contributed by atoms with van der Waals surface area (Å²) in [6.45, 7) is 6.57. The Morgan fingerprint density at radius 3 is 2.35 bits per heavy atom. The molecule has 0 unspecified atom stereocenters. The third kappa shape index (κ3) is 13.8. The third-order valence-electron chi connectivity index (χ3n) is 3.98. The highest BCUT2D eigenvalue weighted by Crippen LogP contribution is 2.30. The van der Waals surface area contributed by atoms with Gasteiger partial charge in [0.05, 0.1) is 13.2 Å². The van der Waals surface area contributed by atoms with E-state index in [1.165, 1.54) is 6.08 Å². The Morgan fingerprint density at radius 2 is 1.65 bits per heavy atom. The summed E-state index contributed by atoms with van der Waals surface area (Å²) in [5.74, 6) is 1.69. The van der Waals surface area contributed by atoms with E-state index in [0.717, 1.165) is 41.9 Å². The molecule has 0 heterocycles. The first-order valence-corrected chi connectivity index (χ1v) is 11.6. The van der Waals surface area contributed by atoms with Crippen LogP contribution in [-0.4, -0.2) is 39.2 Å². The van der Waals surface area contributed by atoms with Crippen LogP contribution in [0, 0.1) is 6.92 Å². The normalized spacial score (nSPS) is 10.8. The fourth-order valence-electron chi connectivity index (χ4n) is 2.53. The molecule has 174 valence electrons. The molecule has 1 rings (SSSR count). The van der Waals surface area contributed by atoms with Crippen molar-refractivity contribution >= 4 is 52.6 Å². The highest BCUT2D eigenvalue weighted by Gasteiger charge is 2.09. The minimum atomic E-state index is 0.163. The summed E-state index contributed by atoms with van der Waals surface area (Å²) in [5, 5.41) is 3.77. The van der Waals surface area contributed by atoms with Crippen molar-refractivity contribution in [1.29, 1.82) is 0 Å². The third-order valence-corrected chi connectivity index (χ3v) is 4.59. The maximum absolute atomic E-state index is 6.03. The zero-order valence-corrected chi connectivity index (χ0v) is 20.9. The molecule has 31 heavy (non-hydrogen) atoms. The van der Waals surface area contributed by atoms with Crippen molar-refractivity contribution in [3.05, 3.63) is 44.4 Å². The molecule has 0 saturated heterocycles. The lowest BCUT2D eigenvalue weighted by Gasteiger charge is -2.15. The number of oxime groups is 1. The maximum Gasteiger partial charge on any atom is 0.138 e. The van der Waals surface area contributed by atoms with Gasteiger partial charge >= 0.3 is 0 Å². The van der Waals surface area contributed by atoms with Crippen molar-refractivity contribution in [3.8, 4) is 11.5 Å². The van der Waals surface area contributed by atoms with Crippen LogP contribution in [0.5, 0.6) is 11.5 Å². The molecule has 0 aliphatic heterocycles. The summed E-state index contributed by atoms with van der Waals surface area (Å²) in [6.07, 6.45) is 8.13. The summed E-state index contributed by atoms with van der Waals surface area (Å²) < 4.78 is 17.6. The van der Waals surface area contributed by atoms with Crippen molar-refractivity contribution in [2.45, 2.75) is 39.5 Å². The number of aryl methyl sites for hydroxylation is 2. The summed E-state index contributed by atoms with van der Waals surface area (Å²) >= 11 is 22.1. The molecule has 0 fully saturated rings. The lowest BCUT2D eigenvalue weighted by Crippen LogP contribution is -2.05. The second kappa shape index (κ2) is 17.4. The first-order valence-electron chi connectivity index (χ1n) is 10.1. The Labute approximate surface area is 204 Å². The number of ether oxygens (including phenoxy) is 3. The smallest absolute Gasteiger partial charge is 0.138 e. The van der Waals surface area contributed by atoms with Crippen molar-refractivity contribution in [2.24, 2.45) is 5.16 Å². The highest BCUT2D eigenvalue weighted by molar-refractivity contribution is 6.56. The molecule has 1 aromatic carbocycles. The molecular weight excluding hydrogens is 484 g/mol. The first-order chi connectivity index (χ1) is 14.9. The van der Waals surface area contributed by atoms with E-state index in [1.54, 1.807) is 12.3 Å². The van der Waals surface area contributed by atoms with Gasteiger partial charge < -0.3 is 19.0 Å². The van der Waals surface area contributed by atoms with Crippen LogP contribution < -0.4 is 9.47 Å². The van der Waals surface area contributed by atoms with Gasteiger partial charge in [-0.05, 0) is 61.6 Å². The highest BCUT2D eigenvalue weighted by atomic mass is 35.5. The number of benzene rings is 1. The summed E-state index contributed by atoms with van der Waals surface area (Å²) in [6, 6.07) is 3.95. The SMILES string of the molecule is CCc1cc(OCC=C(Cl)Cl)cc(C)c1OCCCCOCC/C=N/OCC=C(Cl)Cl.